The third-order valence-corrected chi connectivity index (χ3v) is 6.03. The average Bonchev–Trinajstić information content (AvgIpc) is 2.65. The number of rotatable bonds is 6. The van der Waals surface area contributed by atoms with Gasteiger partial charge in [-0.3, -0.25) is 4.79 Å². The van der Waals surface area contributed by atoms with E-state index in [4.69, 9.17) is 4.74 Å². The summed E-state index contributed by atoms with van der Waals surface area (Å²) in [5.41, 5.74) is 1.70. The van der Waals surface area contributed by atoms with Crippen LogP contribution in [0.2, 0.25) is 0 Å². The van der Waals surface area contributed by atoms with Crippen LogP contribution in [0.15, 0.2) is 53.4 Å². The second-order valence-electron chi connectivity index (χ2n) is 7.77. The lowest BCUT2D eigenvalue weighted by atomic mass is 9.87. The fraction of sp³-hybridized carbons (Fsp3) is 0.333. The molecule has 2 rings (SSSR count). The molecule has 2 aromatic carbocycles. The monoisotopic (exact) mass is 418 g/mol. The number of hydrogen-bond donors (Lipinski definition) is 1. The topological polar surface area (TPSA) is 92.8 Å². The second kappa shape index (κ2) is 8.75. The lowest BCUT2D eigenvalue weighted by molar-refractivity contribution is -0.119. The highest BCUT2D eigenvalue weighted by Crippen LogP contribution is 2.22. The predicted molar refractivity (Wildman–Crippen MR) is 111 cm³/mol. The number of amides is 1. The maximum atomic E-state index is 12.2. The number of hydrogen-bond acceptors (Lipinski definition) is 5. The Labute approximate surface area is 171 Å². The van der Waals surface area contributed by atoms with Crippen molar-refractivity contribution < 1.29 is 22.7 Å². The molecule has 0 radical (unpaired) electrons. The van der Waals surface area contributed by atoms with Crippen LogP contribution in [0.4, 0.5) is 5.69 Å². The Morgan fingerprint density at radius 3 is 2.21 bits per heavy atom. The summed E-state index contributed by atoms with van der Waals surface area (Å²) >= 11 is 0. The van der Waals surface area contributed by atoms with E-state index in [1.165, 1.54) is 32.3 Å². The summed E-state index contributed by atoms with van der Waals surface area (Å²) in [7, 11) is -0.765. The quantitative estimate of drug-likeness (QED) is 0.728. The number of nitrogens with one attached hydrogen (secondary N) is 1. The number of sulfonamides is 1. The highest BCUT2D eigenvalue weighted by Gasteiger charge is 2.18. The second-order valence-corrected chi connectivity index (χ2v) is 9.92. The van der Waals surface area contributed by atoms with Crippen molar-refractivity contribution in [3.63, 3.8) is 0 Å². The Morgan fingerprint density at radius 2 is 1.66 bits per heavy atom. The van der Waals surface area contributed by atoms with Crippen molar-refractivity contribution in [3.05, 3.63) is 59.7 Å². The molecule has 0 spiro atoms. The first-order valence-electron chi connectivity index (χ1n) is 9.01. The molecule has 0 saturated carbocycles. The van der Waals surface area contributed by atoms with Gasteiger partial charge in [0.2, 0.25) is 10.0 Å². The molecule has 0 atom stereocenters. The Balaban J connectivity index is 1.97. The molecule has 2 aromatic rings. The first-order valence-corrected chi connectivity index (χ1v) is 10.5. The van der Waals surface area contributed by atoms with Crippen LogP contribution >= 0.6 is 0 Å². The average molecular weight is 419 g/mol. The van der Waals surface area contributed by atoms with Gasteiger partial charge in [0.25, 0.3) is 5.91 Å². The fourth-order valence-electron chi connectivity index (χ4n) is 2.46. The van der Waals surface area contributed by atoms with E-state index in [0.29, 0.717) is 11.3 Å². The first kappa shape index (κ1) is 22.6. The minimum absolute atomic E-state index is 0.0308. The minimum Gasteiger partial charge on any atom is -0.452 e. The lowest BCUT2D eigenvalue weighted by Gasteiger charge is -2.18. The zero-order valence-electron chi connectivity index (χ0n) is 17.2. The summed E-state index contributed by atoms with van der Waals surface area (Å²) in [6.07, 6.45) is 0. The predicted octanol–water partition coefficient (Wildman–Crippen LogP) is 3.03. The molecule has 0 bridgehead atoms. The van der Waals surface area contributed by atoms with Gasteiger partial charge in [0.1, 0.15) is 0 Å². The van der Waals surface area contributed by atoms with Crippen molar-refractivity contribution in [2.75, 3.05) is 26.0 Å². The van der Waals surface area contributed by atoms with E-state index >= 15 is 0 Å². The normalized spacial score (nSPS) is 11.9. The van der Waals surface area contributed by atoms with Gasteiger partial charge in [-0.05, 0) is 41.3 Å². The lowest BCUT2D eigenvalue weighted by Crippen LogP contribution is -2.23. The van der Waals surface area contributed by atoms with Gasteiger partial charge in [-0.15, -0.1) is 0 Å². The van der Waals surface area contributed by atoms with Crippen LogP contribution in [0.3, 0.4) is 0 Å². The summed E-state index contributed by atoms with van der Waals surface area (Å²) in [5.74, 6) is -1.17. The molecule has 0 aliphatic rings. The van der Waals surface area contributed by atoms with Crippen molar-refractivity contribution in [1.29, 1.82) is 0 Å². The van der Waals surface area contributed by atoms with Gasteiger partial charge in [-0.25, -0.2) is 17.5 Å². The summed E-state index contributed by atoms with van der Waals surface area (Å²) in [4.78, 5) is 24.3. The fourth-order valence-corrected chi connectivity index (χ4v) is 3.41. The smallest absolute Gasteiger partial charge is 0.338 e. The number of anilines is 1. The summed E-state index contributed by atoms with van der Waals surface area (Å²) in [5, 5.41) is 2.53. The van der Waals surface area contributed by atoms with Gasteiger partial charge >= 0.3 is 5.97 Å². The van der Waals surface area contributed by atoms with Gasteiger partial charge in [0, 0.05) is 19.8 Å². The molecule has 8 heteroatoms. The molecule has 0 aromatic heterocycles. The van der Waals surface area contributed by atoms with Crippen molar-refractivity contribution in [3.8, 4) is 0 Å². The van der Waals surface area contributed by atoms with Crippen molar-refractivity contribution in [2.45, 2.75) is 31.1 Å². The van der Waals surface area contributed by atoms with E-state index < -0.39 is 28.5 Å². The standard InChI is InChI=1S/C21H26N2O5S/c1-21(2,3)16-11-9-15(10-12-16)20(25)28-14-19(24)22-17-7-6-8-18(13-17)29(26,27)23(4)5/h6-13H,14H2,1-5H3,(H,22,24). The van der Waals surface area contributed by atoms with E-state index in [1.807, 2.05) is 12.1 Å². The van der Waals surface area contributed by atoms with Crippen LogP contribution in [-0.2, 0) is 25.0 Å². The molecule has 0 aliphatic carbocycles. The summed E-state index contributed by atoms with van der Waals surface area (Å²) < 4.78 is 30.5. The molecule has 0 fully saturated rings. The molecular weight excluding hydrogens is 392 g/mol. The number of carbonyl (C=O) groups is 2. The zero-order valence-corrected chi connectivity index (χ0v) is 18.0. The maximum Gasteiger partial charge on any atom is 0.338 e. The van der Waals surface area contributed by atoms with Gasteiger partial charge in [0.05, 0.1) is 10.5 Å². The number of nitrogens with zero attached hydrogens (tertiary/aromatic N) is 1. The van der Waals surface area contributed by atoms with Crippen molar-refractivity contribution >= 4 is 27.6 Å². The van der Waals surface area contributed by atoms with Gasteiger partial charge in [-0.2, -0.15) is 0 Å². The van der Waals surface area contributed by atoms with Crippen LogP contribution in [-0.4, -0.2) is 45.3 Å². The highest BCUT2D eigenvalue weighted by molar-refractivity contribution is 7.89. The molecule has 29 heavy (non-hydrogen) atoms. The van der Waals surface area contributed by atoms with Crippen LogP contribution in [0.1, 0.15) is 36.7 Å². The Hall–Kier alpha value is -2.71. The van der Waals surface area contributed by atoms with Gasteiger partial charge in [-0.1, -0.05) is 39.0 Å². The third kappa shape index (κ3) is 5.88. The highest BCUT2D eigenvalue weighted by atomic mass is 32.2. The van der Waals surface area contributed by atoms with E-state index in [0.717, 1.165) is 9.87 Å². The molecule has 0 heterocycles. The number of ether oxygens (including phenoxy) is 1. The Bertz CT molecular complexity index is 990. The van der Waals surface area contributed by atoms with E-state index in [1.54, 1.807) is 18.2 Å². The number of carbonyl (C=O) groups excluding carboxylic acids is 2. The molecule has 0 unspecified atom stereocenters. The zero-order chi connectivity index (χ0) is 21.8. The van der Waals surface area contributed by atoms with E-state index in [2.05, 4.69) is 26.1 Å². The third-order valence-electron chi connectivity index (χ3n) is 4.22. The van der Waals surface area contributed by atoms with Gasteiger partial charge in [0.15, 0.2) is 6.61 Å². The van der Waals surface area contributed by atoms with Crippen molar-refractivity contribution in [2.24, 2.45) is 0 Å². The molecule has 0 aliphatic heterocycles. The molecule has 1 N–H and O–H groups in total. The SMILES string of the molecule is CN(C)S(=O)(=O)c1cccc(NC(=O)COC(=O)c2ccc(C(C)(C)C)cc2)c1. The molecular formula is C21H26N2O5S. The largest absolute Gasteiger partial charge is 0.452 e. The summed E-state index contributed by atoms with van der Waals surface area (Å²) in [6.45, 7) is 5.74. The minimum atomic E-state index is -3.61. The Morgan fingerprint density at radius 1 is 1.03 bits per heavy atom. The van der Waals surface area contributed by atoms with Crippen LogP contribution in [0.5, 0.6) is 0 Å². The van der Waals surface area contributed by atoms with Gasteiger partial charge < -0.3 is 10.1 Å². The van der Waals surface area contributed by atoms with Crippen LogP contribution in [0, 0.1) is 0 Å². The van der Waals surface area contributed by atoms with Crippen molar-refractivity contribution in [1.82, 2.24) is 4.31 Å². The van der Waals surface area contributed by atoms with E-state index in [9.17, 15) is 18.0 Å². The molecule has 1 amide bonds. The number of benzene rings is 2. The Kier molecular flexibility index (Phi) is 6.81. The first-order chi connectivity index (χ1) is 13.4. The molecule has 7 nitrogen and oxygen atoms in total. The molecule has 0 saturated heterocycles. The summed E-state index contributed by atoms with van der Waals surface area (Å²) in [6, 6.07) is 12.9. The van der Waals surface area contributed by atoms with Crippen LogP contribution < -0.4 is 5.32 Å². The maximum absolute atomic E-state index is 12.2. The van der Waals surface area contributed by atoms with Crippen LogP contribution in [0.25, 0.3) is 0 Å². The number of esters is 1. The molecule has 156 valence electrons. The van der Waals surface area contributed by atoms with E-state index in [-0.39, 0.29) is 10.3 Å².